The predicted octanol–water partition coefficient (Wildman–Crippen LogP) is 3.63. The molecule has 2 aromatic carbocycles. The standard InChI is InChI=1S/C16H16ClNO2/c1-10-5-3-4-6-12(10)13-7-11(17)8-14-16(13)20-15(18-2)9-19-14/h3-8,15,18H,9H2,1-2H3/t15-/m0/s1. The SMILES string of the molecule is CN[C@@H]1COc2cc(Cl)cc(-c3ccccc3C)c2O1. The maximum absolute atomic E-state index is 6.20. The van der Waals surface area contributed by atoms with Crippen molar-refractivity contribution in [3.05, 3.63) is 47.0 Å². The Balaban J connectivity index is 2.16. The maximum Gasteiger partial charge on any atom is 0.184 e. The molecule has 0 unspecified atom stereocenters. The summed E-state index contributed by atoms with van der Waals surface area (Å²) in [7, 11) is 1.85. The number of rotatable bonds is 2. The van der Waals surface area contributed by atoms with E-state index in [1.54, 1.807) is 6.07 Å². The van der Waals surface area contributed by atoms with Crippen LogP contribution in [0.4, 0.5) is 0 Å². The van der Waals surface area contributed by atoms with Crippen LogP contribution >= 0.6 is 11.6 Å². The molecule has 1 aliphatic rings. The highest BCUT2D eigenvalue weighted by Gasteiger charge is 2.24. The van der Waals surface area contributed by atoms with Crippen molar-refractivity contribution in [2.24, 2.45) is 0 Å². The Morgan fingerprint density at radius 2 is 2.00 bits per heavy atom. The van der Waals surface area contributed by atoms with Gasteiger partial charge in [-0.2, -0.15) is 0 Å². The quantitative estimate of drug-likeness (QED) is 0.916. The number of ether oxygens (including phenoxy) is 2. The van der Waals surface area contributed by atoms with Gasteiger partial charge in [0.25, 0.3) is 0 Å². The third-order valence-electron chi connectivity index (χ3n) is 3.43. The van der Waals surface area contributed by atoms with Gasteiger partial charge in [0, 0.05) is 16.7 Å². The van der Waals surface area contributed by atoms with Gasteiger partial charge in [-0.15, -0.1) is 0 Å². The highest BCUT2D eigenvalue weighted by Crippen LogP contribution is 2.43. The molecule has 2 aromatic rings. The Labute approximate surface area is 123 Å². The van der Waals surface area contributed by atoms with E-state index < -0.39 is 0 Å². The molecule has 0 saturated carbocycles. The van der Waals surface area contributed by atoms with Crippen LogP contribution in [0.1, 0.15) is 5.56 Å². The maximum atomic E-state index is 6.20. The molecule has 0 spiro atoms. The van der Waals surface area contributed by atoms with E-state index in [0.29, 0.717) is 17.4 Å². The number of aryl methyl sites for hydroxylation is 1. The zero-order chi connectivity index (χ0) is 14.1. The molecule has 1 N–H and O–H groups in total. The van der Waals surface area contributed by atoms with Crippen molar-refractivity contribution >= 4 is 11.6 Å². The van der Waals surface area contributed by atoms with Gasteiger partial charge in [0.05, 0.1) is 0 Å². The molecule has 0 amide bonds. The van der Waals surface area contributed by atoms with Gasteiger partial charge < -0.3 is 9.47 Å². The minimum absolute atomic E-state index is 0.147. The van der Waals surface area contributed by atoms with Gasteiger partial charge in [0.2, 0.25) is 0 Å². The largest absolute Gasteiger partial charge is 0.484 e. The molecule has 1 aliphatic heterocycles. The lowest BCUT2D eigenvalue weighted by atomic mass is 9.99. The molecule has 0 aliphatic carbocycles. The van der Waals surface area contributed by atoms with E-state index in [1.807, 2.05) is 25.2 Å². The van der Waals surface area contributed by atoms with Crippen molar-refractivity contribution in [3.63, 3.8) is 0 Å². The summed E-state index contributed by atoms with van der Waals surface area (Å²) in [6.07, 6.45) is -0.147. The summed E-state index contributed by atoms with van der Waals surface area (Å²) in [5, 5.41) is 3.72. The lowest BCUT2D eigenvalue weighted by Crippen LogP contribution is -2.39. The fraction of sp³-hybridized carbons (Fsp3) is 0.250. The van der Waals surface area contributed by atoms with E-state index >= 15 is 0 Å². The zero-order valence-corrected chi connectivity index (χ0v) is 12.2. The highest BCUT2D eigenvalue weighted by molar-refractivity contribution is 6.31. The van der Waals surface area contributed by atoms with Gasteiger partial charge in [-0.05, 0) is 31.2 Å². The first-order chi connectivity index (χ1) is 9.69. The second-order valence-corrected chi connectivity index (χ2v) is 5.24. The van der Waals surface area contributed by atoms with E-state index in [1.165, 1.54) is 5.56 Å². The number of halogens is 1. The molecular formula is C16H16ClNO2. The Morgan fingerprint density at radius 3 is 2.75 bits per heavy atom. The third-order valence-corrected chi connectivity index (χ3v) is 3.65. The summed E-state index contributed by atoms with van der Waals surface area (Å²) < 4.78 is 11.7. The van der Waals surface area contributed by atoms with Crippen molar-refractivity contribution in [1.82, 2.24) is 5.32 Å². The van der Waals surface area contributed by atoms with Crippen molar-refractivity contribution in [2.75, 3.05) is 13.7 Å². The van der Waals surface area contributed by atoms with Gasteiger partial charge >= 0.3 is 0 Å². The Morgan fingerprint density at radius 1 is 1.20 bits per heavy atom. The normalized spacial score (nSPS) is 17.1. The van der Waals surface area contributed by atoms with Crippen molar-refractivity contribution in [3.8, 4) is 22.6 Å². The fourth-order valence-electron chi connectivity index (χ4n) is 2.36. The van der Waals surface area contributed by atoms with Gasteiger partial charge in [0.15, 0.2) is 17.7 Å². The number of hydrogen-bond donors (Lipinski definition) is 1. The molecule has 0 fully saturated rings. The monoisotopic (exact) mass is 289 g/mol. The second kappa shape index (κ2) is 5.35. The van der Waals surface area contributed by atoms with E-state index in [4.69, 9.17) is 21.1 Å². The summed E-state index contributed by atoms with van der Waals surface area (Å²) >= 11 is 6.20. The zero-order valence-electron chi connectivity index (χ0n) is 11.4. The molecule has 0 radical (unpaired) electrons. The summed E-state index contributed by atoms with van der Waals surface area (Å²) in [5.41, 5.74) is 3.24. The summed E-state index contributed by atoms with van der Waals surface area (Å²) in [6, 6.07) is 11.9. The van der Waals surface area contributed by atoms with Crippen LogP contribution in [0.25, 0.3) is 11.1 Å². The summed E-state index contributed by atoms with van der Waals surface area (Å²) in [4.78, 5) is 0. The topological polar surface area (TPSA) is 30.5 Å². The average molecular weight is 290 g/mol. The first-order valence-electron chi connectivity index (χ1n) is 6.55. The number of hydrogen-bond acceptors (Lipinski definition) is 3. The Bertz CT molecular complexity index is 642. The molecule has 20 heavy (non-hydrogen) atoms. The van der Waals surface area contributed by atoms with E-state index in [0.717, 1.165) is 16.9 Å². The Hall–Kier alpha value is -1.71. The van der Waals surface area contributed by atoms with Crippen LogP contribution in [-0.4, -0.2) is 19.9 Å². The second-order valence-electron chi connectivity index (χ2n) is 4.80. The minimum atomic E-state index is -0.147. The van der Waals surface area contributed by atoms with Crippen LogP contribution in [0.2, 0.25) is 5.02 Å². The number of benzene rings is 2. The lowest BCUT2D eigenvalue weighted by Gasteiger charge is -2.28. The van der Waals surface area contributed by atoms with Crippen LogP contribution in [0.15, 0.2) is 36.4 Å². The average Bonchev–Trinajstić information content (AvgIpc) is 2.46. The minimum Gasteiger partial charge on any atom is -0.484 e. The van der Waals surface area contributed by atoms with Gasteiger partial charge in [-0.1, -0.05) is 35.9 Å². The first-order valence-corrected chi connectivity index (χ1v) is 6.93. The number of fused-ring (bicyclic) bond motifs is 1. The van der Waals surface area contributed by atoms with Crippen LogP contribution in [0.3, 0.4) is 0 Å². The molecule has 3 nitrogen and oxygen atoms in total. The molecule has 0 bridgehead atoms. The van der Waals surface area contributed by atoms with Crippen LogP contribution < -0.4 is 14.8 Å². The summed E-state index contributed by atoms with van der Waals surface area (Å²) in [5.74, 6) is 1.44. The van der Waals surface area contributed by atoms with Crippen LogP contribution in [0, 0.1) is 6.92 Å². The van der Waals surface area contributed by atoms with Gasteiger partial charge in [-0.25, -0.2) is 0 Å². The molecule has 104 valence electrons. The van der Waals surface area contributed by atoms with E-state index in [-0.39, 0.29) is 6.23 Å². The van der Waals surface area contributed by atoms with Crippen LogP contribution in [0.5, 0.6) is 11.5 Å². The fourth-order valence-corrected chi connectivity index (χ4v) is 2.56. The molecule has 0 aromatic heterocycles. The molecule has 4 heteroatoms. The van der Waals surface area contributed by atoms with Gasteiger partial charge in [0.1, 0.15) is 6.61 Å². The third kappa shape index (κ3) is 2.35. The van der Waals surface area contributed by atoms with Crippen molar-refractivity contribution in [1.29, 1.82) is 0 Å². The van der Waals surface area contributed by atoms with Gasteiger partial charge in [-0.3, -0.25) is 5.32 Å². The molecule has 1 heterocycles. The van der Waals surface area contributed by atoms with E-state index in [9.17, 15) is 0 Å². The highest BCUT2D eigenvalue weighted by atomic mass is 35.5. The summed E-state index contributed by atoms with van der Waals surface area (Å²) in [6.45, 7) is 2.54. The van der Waals surface area contributed by atoms with Crippen molar-refractivity contribution < 1.29 is 9.47 Å². The first kappa shape index (κ1) is 13.3. The predicted molar refractivity (Wildman–Crippen MR) is 80.6 cm³/mol. The van der Waals surface area contributed by atoms with Crippen LogP contribution in [-0.2, 0) is 0 Å². The van der Waals surface area contributed by atoms with Crippen molar-refractivity contribution in [2.45, 2.75) is 13.2 Å². The lowest BCUT2D eigenvalue weighted by molar-refractivity contribution is 0.0733. The molecule has 3 rings (SSSR count). The Kier molecular flexibility index (Phi) is 3.55. The molecular weight excluding hydrogens is 274 g/mol. The number of likely N-dealkylation sites (N-methyl/N-ethyl adjacent to an activating group) is 1. The number of nitrogens with one attached hydrogen (secondary N) is 1. The van der Waals surface area contributed by atoms with E-state index in [2.05, 4.69) is 24.4 Å². The molecule has 0 saturated heterocycles. The molecule has 1 atom stereocenters. The smallest absolute Gasteiger partial charge is 0.184 e.